The van der Waals surface area contributed by atoms with E-state index < -0.39 is 0 Å². The van der Waals surface area contributed by atoms with Crippen molar-refractivity contribution in [3.8, 4) is 0 Å². The highest BCUT2D eigenvalue weighted by Crippen LogP contribution is 2.22. The van der Waals surface area contributed by atoms with Gasteiger partial charge in [0.25, 0.3) is 0 Å². The van der Waals surface area contributed by atoms with Gasteiger partial charge in [0.1, 0.15) is 11.9 Å². The summed E-state index contributed by atoms with van der Waals surface area (Å²) in [7, 11) is 0. The Balaban J connectivity index is 2.03. The topological polar surface area (TPSA) is 57.8 Å². The molecule has 0 aliphatic rings. The summed E-state index contributed by atoms with van der Waals surface area (Å²) in [5, 5.41) is 3.03. The molecule has 0 saturated carbocycles. The van der Waals surface area contributed by atoms with Crippen LogP contribution in [0.2, 0.25) is 0 Å². The normalized spacial score (nSPS) is 12.2. The highest BCUT2D eigenvalue weighted by atomic mass is 16.1. The summed E-state index contributed by atoms with van der Waals surface area (Å²) in [5.41, 5.74) is 2.89. The molecule has 4 nitrogen and oxygen atoms in total. The average molecular weight is 279 g/mol. The van der Waals surface area contributed by atoms with E-state index in [1.54, 1.807) is 0 Å². The number of hydrogen-bond donors (Lipinski definition) is 2. The number of para-hydroxylation sites is 2. The molecule has 2 N–H and O–H groups in total. The lowest BCUT2D eigenvalue weighted by atomic mass is 10.1. The lowest BCUT2D eigenvalue weighted by molar-refractivity contribution is -0.121. The van der Waals surface area contributed by atoms with Crippen LogP contribution in [0, 0.1) is 0 Å². The summed E-state index contributed by atoms with van der Waals surface area (Å²) < 4.78 is 0. The van der Waals surface area contributed by atoms with Crippen molar-refractivity contribution in [3.63, 3.8) is 0 Å². The molecule has 0 unspecified atom stereocenters. The van der Waals surface area contributed by atoms with E-state index in [1.165, 1.54) is 0 Å². The molecule has 2 aromatic carbocycles. The van der Waals surface area contributed by atoms with Crippen LogP contribution in [0.15, 0.2) is 54.6 Å². The van der Waals surface area contributed by atoms with Gasteiger partial charge in [0.05, 0.1) is 11.0 Å². The van der Waals surface area contributed by atoms with Gasteiger partial charge in [-0.15, -0.1) is 0 Å². The standard InChI is InChI=1S/C17H17N3O/c1-2-15(21)20-16(12-8-4-3-5-9-12)17-18-13-10-6-7-11-14(13)19-17/h3-11,16H,2H2,1H3,(H,18,19)(H,20,21)/t16-/m0/s1. The van der Waals surface area contributed by atoms with Crippen LogP contribution in [0.5, 0.6) is 0 Å². The Kier molecular flexibility index (Phi) is 3.69. The Morgan fingerprint density at radius 3 is 2.57 bits per heavy atom. The molecule has 3 aromatic rings. The maximum atomic E-state index is 11.8. The number of fused-ring (bicyclic) bond motifs is 1. The molecule has 1 heterocycles. The fraction of sp³-hybridized carbons (Fsp3) is 0.176. The Labute approximate surface area is 123 Å². The molecule has 106 valence electrons. The number of nitrogens with zero attached hydrogens (tertiary/aromatic N) is 1. The zero-order valence-electron chi connectivity index (χ0n) is 11.8. The van der Waals surface area contributed by atoms with Crippen molar-refractivity contribution in [2.45, 2.75) is 19.4 Å². The summed E-state index contributed by atoms with van der Waals surface area (Å²) in [6.07, 6.45) is 0.448. The number of nitrogens with one attached hydrogen (secondary N) is 2. The zero-order valence-corrected chi connectivity index (χ0v) is 11.8. The molecular formula is C17H17N3O. The molecule has 1 aromatic heterocycles. The van der Waals surface area contributed by atoms with Crippen LogP contribution in [0.3, 0.4) is 0 Å². The molecule has 0 radical (unpaired) electrons. The van der Waals surface area contributed by atoms with E-state index in [9.17, 15) is 4.79 Å². The monoisotopic (exact) mass is 279 g/mol. The summed E-state index contributed by atoms with van der Waals surface area (Å²) in [6.45, 7) is 1.84. The van der Waals surface area contributed by atoms with Crippen molar-refractivity contribution in [2.24, 2.45) is 0 Å². The minimum absolute atomic E-state index is 0.00399. The largest absolute Gasteiger partial charge is 0.342 e. The number of rotatable bonds is 4. The number of benzene rings is 2. The predicted octanol–water partition coefficient (Wildman–Crippen LogP) is 3.18. The average Bonchev–Trinajstić information content (AvgIpc) is 2.96. The van der Waals surface area contributed by atoms with Gasteiger partial charge in [-0.2, -0.15) is 0 Å². The van der Waals surface area contributed by atoms with Gasteiger partial charge in [-0.05, 0) is 17.7 Å². The van der Waals surface area contributed by atoms with E-state index in [0.29, 0.717) is 6.42 Å². The van der Waals surface area contributed by atoms with E-state index >= 15 is 0 Å². The summed E-state index contributed by atoms with van der Waals surface area (Å²) in [5.74, 6) is 0.758. The Hall–Kier alpha value is -2.62. The first-order valence-corrected chi connectivity index (χ1v) is 7.07. The first-order chi connectivity index (χ1) is 10.3. The van der Waals surface area contributed by atoms with Crippen LogP contribution in [0.4, 0.5) is 0 Å². The molecule has 0 aliphatic heterocycles. The van der Waals surface area contributed by atoms with Crippen molar-refractivity contribution in [2.75, 3.05) is 0 Å². The van der Waals surface area contributed by atoms with E-state index in [-0.39, 0.29) is 11.9 Å². The smallest absolute Gasteiger partial charge is 0.220 e. The number of amides is 1. The van der Waals surface area contributed by atoms with E-state index in [1.807, 2.05) is 61.5 Å². The number of carbonyl (C=O) groups is 1. The Bertz CT molecular complexity index is 716. The third kappa shape index (κ3) is 2.79. The number of aromatic nitrogens is 2. The molecule has 0 aliphatic carbocycles. The van der Waals surface area contributed by atoms with E-state index in [0.717, 1.165) is 22.4 Å². The molecule has 4 heteroatoms. The highest BCUT2D eigenvalue weighted by molar-refractivity contribution is 5.78. The molecule has 1 atom stereocenters. The van der Waals surface area contributed by atoms with Crippen LogP contribution in [0.1, 0.15) is 30.8 Å². The second-order valence-corrected chi connectivity index (χ2v) is 4.90. The summed E-state index contributed by atoms with van der Waals surface area (Å²) >= 11 is 0. The van der Waals surface area contributed by atoms with Gasteiger partial charge in [0, 0.05) is 6.42 Å². The van der Waals surface area contributed by atoms with Gasteiger partial charge in [0.2, 0.25) is 5.91 Å². The Morgan fingerprint density at radius 2 is 1.86 bits per heavy atom. The summed E-state index contributed by atoms with van der Waals surface area (Å²) in [4.78, 5) is 19.7. The highest BCUT2D eigenvalue weighted by Gasteiger charge is 2.19. The number of carbonyl (C=O) groups excluding carboxylic acids is 1. The minimum Gasteiger partial charge on any atom is -0.342 e. The van der Waals surface area contributed by atoms with Crippen LogP contribution < -0.4 is 5.32 Å². The molecule has 0 spiro atoms. The number of hydrogen-bond acceptors (Lipinski definition) is 2. The summed E-state index contributed by atoms with van der Waals surface area (Å²) in [6, 6.07) is 17.5. The second-order valence-electron chi connectivity index (χ2n) is 4.90. The SMILES string of the molecule is CCC(=O)N[C@@H](c1ccccc1)c1nc2ccccc2[nH]1. The zero-order chi connectivity index (χ0) is 14.7. The van der Waals surface area contributed by atoms with Gasteiger partial charge in [-0.1, -0.05) is 49.4 Å². The van der Waals surface area contributed by atoms with Crippen molar-refractivity contribution in [1.29, 1.82) is 0 Å². The third-order valence-corrected chi connectivity index (χ3v) is 3.44. The third-order valence-electron chi connectivity index (χ3n) is 3.44. The molecule has 1 amide bonds. The molecular weight excluding hydrogens is 262 g/mol. The maximum absolute atomic E-state index is 11.8. The molecule has 21 heavy (non-hydrogen) atoms. The van der Waals surface area contributed by atoms with Gasteiger partial charge in [0.15, 0.2) is 0 Å². The fourth-order valence-electron chi connectivity index (χ4n) is 2.33. The van der Waals surface area contributed by atoms with Crippen LogP contribution in [-0.4, -0.2) is 15.9 Å². The lowest BCUT2D eigenvalue weighted by Crippen LogP contribution is -2.29. The van der Waals surface area contributed by atoms with E-state index in [4.69, 9.17) is 0 Å². The first kappa shape index (κ1) is 13.4. The van der Waals surface area contributed by atoms with Gasteiger partial charge >= 0.3 is 0 Å². The van der Waals surface area contributed by atoms with E-state index in [2.05, 4.69) is 15.3 Å². The molecule has 0 saturated heterocycles. The Morgan fingerprint density at radius 1 is 1.14 bits per heavy atom. The number of aromatic amines is 1. The fourth-order valence-corrected chi connectivity index (χ4v) is 2.33. The number of H-pyrrole nitrogens is 1. The second kappa shape index (κ2) is 5.79. The van der Waals surface area contributed by atoms with Gasteiger partial charge in [-0.3, -0.25) is 4.79 Å². The predicted molar refractivity (Wildman–Crippen MR) is 82.8 cm³/mol. The molecule has 3 rings (SSSR count). The van der Waals surface area contributed by atoms with Gasteiger partial charge < -0.3 is 10.3 Å². The van der Waals surface area contributed by atoms with Crippen LogP contribution >= 0.6 is 0 Å². The van der Waals surface area contributed by atoms with Gasteiger partial charge in [-0.25, -0.2) is 4.98 Å². The molecule has 0 bridgehead atoms. The van der Waals surface area contributed by atoms with Crippen molar-refractivity contribution >= 4 is 16.9 Å². The number of imidazole rings is 1. The molecule has 0 fully saturated rings. The van der Waals surface area contributed by atoms with Crippen LogP contribution in [-0.2, 0) is 4.79 Å². The van der Waals surface area contributed by atoms with Crippen molar-refractivity contribution in [3.05, 3.63) is 66.0 Å². The quantitative estimate of drug-likeness (QED) is 0.770. The first-order valence-electron chi connectivity index (χ1n) is 7.07. The van der Waals surface area contributed by atoms with Crippen molar-refractivity contribution in [1.82, 2.24) is 15.3 Å². The van der Waals surface area contributed by atoms with Crippen molar-refractivity contribution < 1.29 is 4.79 Å². The maximum Gasteiger partial charge on any atom is 0.220 e. The lowest BCUT2D eigenvalue weighted by Gasteiger charge is -2.16. The minimum atomic E-state index is -0.258. The van der Waals surface area contributed by atoms with Crippen LogP contribution in [0.25, 0.3) is 11.0 Å².